The third kappa shape index (κ3) is 4.67. The van der Waals surface area contributed by atoms with Gasteiger partial charge in [-0.15, -0.1) is 11.3 Å². The summed E-state index contributed by atoms with van der Waals surface area (Å²) in [6, 6.07) is 0. The highest BCUT2D eigenvalue weighted by Gasteiger charge is 2.48. The quantitative estimate of drug-likeness (QED) is 0.738. The maximum Gasteiger partial charge on any atom is 0.358 e. The van der Waals surface area contributed by atoms with Gasteiger partial charge in [0.2, 0.25) is 0 Å². The Morgan fingerprint density at radius 2 is 2.19 bits per heavy atom. The number of carbonyl (C=O) groups is 2. The minimum Gasteiger partial charge on any atom is -0.462 e. The van der Waals surface area contributed by atoms with E-state index in [4.69, 9.17) is 14.2 Å². The monoisotopic (exact) mass is 397 g/mol. The second-order valence-corrected chi connectivity index (χ2v) is 8.38. The van der Waals surface area contributed by atoms with E-state index in [9.17, 15) is 14.7 Å². The van der Waals surface area contributed by atoms with Crippen LogP contribution < -0.4 is 0 Å². The van der Waals surface area contributed by atoms with Gasteiger partial charge in [0, 0.05) is 31.2 Å². The SMILES string of the molecule is CC(=O)O[C@@H]1C[C@@H]2O[C@@H](c3nc(C(=O)OC(C)C)cs3)CC[C@@H]2[C@H]1CCO. The van der Waals surface area contributed by atoms with Crippen molar-refractivity contribution in [3.05, 3.63) is 16.1 Å². The number of nitrogens with zero attached hydrogens (tertiary/aromatic N) is 1. The van der Waals surface area contributed by atoms with Crippen LogP contribution in [0.3, 0.4) is 0 Å². The summed E-state index contributed by atoms with van der Waals surface area (Å²) in [4.78, 5) is 27.8. The van der Waals surface area contributed by atoms with Gasteiger partial charge in [-0.3, -0.25) is 4.79 Å². The molecule has 2 heterocycles. The topological polar surface area (TPSA) is 95.0 Å². The van der Waals surface area contributed by atoms with E-state index in [0.717, 1.165) is 17.8 Å². The summed E-state index contributed by atoms with van der Waals surface area (Å²) in [5.74, 6) is -0.327. The van der Waals surface area contributed by atoms with Crippen LogP contribution >= 0.6 is 11.3 Å². The fourth-order valence-corrected chi connectivity index (χ4v) is 5.05. The smallest absolute Gasteiger partial charge is 0.358 e. The zero-order chi connectivity index (χ0) is 19.6. The number of carbonyl (C=O) groups excluding carboxylic acids is 2. The Bertz CT molecular complexity index is 675. The summed E-state index contributed by atoms with van der Waals surface area (Å²) in [6.45, 7) is 5.09. The van der Waals surface area contributed by atoms with Crippen molar-refractivity contribution in [3.8, 4) is 0 Å². The van der Waals surface area contributed by atoms with Crippen molar-refractivity contribution in [2.24, 2.45) is 11.8 Å². The third-order valence-corrected chi connectivity index (χ3v) is 6.14. The van der Waals surface area contributed by atoms with Crippen LogP contribution in [0.2, 0.25) is 0 Å². The number of fused-ring (bicyclic) bond motifs is 1. The molecule has 0 amide bonds. The zero-order valence-electron chi connectivity index (χ0n) is 15.9. The van der Waals surface area contributed by atoms with Crippen molar-refractivity contribution in [2.75, 3.05) is 6.61 Å². The van der Waals surface area contributed by atoms with Crippen LogP contribution in [0.4, 0.5) is 0 Å². The Kier molecular flexibility index (Phi) is 6.49. The molecule has 3 rings (SSSR count). The van der Waals surface area contributed by atoms with E-state index in [0.29, 0.717) is 18.5 Å². The number of thiazole rings is 1. The molecule has 2 fully saturated rings. The van der Waals surface area contributed by atoms with Crippen LogP contribution in [0.1, 0.15) is 68.1 Å². The summed E-state index contributed by atoms with van der Waals surface area (Å²) in [5.41, 5.74) is 0.316. The van der Waals surface area contributed by atoms with E-state index >= 15 is 0 Å². The molecule has 1 saturated carbocycles. The van der Waals surface area contributed by atoms with E-state index < -0.39 is 5.97 Å². The maximum absolute atomic E-state index is 12.0. The molecular formula is C19H27NO6S. The number of rotatable bonds is 6. The first-order valence-corrected chi connectivity index (χ1v) is 10.4. The van der Waals surface area contributed by atoms with Crippen LogP contribution in [0.5, 0.6) is 0 Å². The van der Waals surface area contributed by atoms with Crippen LogP contribution in [0.15, 0.2) is 5.38 Å². The molecule has 0 radical (unpaired) electrons. The van der Waals surface area contributed by atoms with Crippen molar-refractivity contribution in [1.29, 1.82) is 0 Å². The Balaban J connectivity index is 1.67. The fraction of sp³-hybridized carbons (Fsp3) is 0.737. The predicted molar refractivity (Wildman–Crippen MR) is 98.4 cm³/mol. The first-order chi connectivity index (χ1) is 12.9. The number of hydrogen-bond acceptors (Lipinski definition) is 8. The van der Waals surface area contributed by atoms with Gasteiger partial charge in [0.05, 0.1) is 12.2 Å². The second-order valence-electron chi connectivity index (χ2n) is 7.49. The second kappa shape index (κ2) is 8.67. The molecule has 0 aromatic carbocycles. The van der Waals surface area contributed by atoms with E-state index in [1.54, 1.807) is 19.2 Å². The molecule has 27 heavy (non-hydrogen) atoms. The van der Waals surface area contributed by atoms with Gasteiger partial charge in [-0.1, -0.05) is 0 Å². The van der Waals surface area contributed by atoms with E-state index in [1.165, 1.54) is 18.3 Å². The van der Waals surface area contributed by atoms with Gasteiger partial charge < -0.3 is 19.3 Å². The Morgan fingerprint density at radius 1 is 1.41 bits per heavy atom. The summed E-state index contributed by atoms with van der Waals surface area (Å²) >= 11 is 1.41. The molecule has 1 aliphatic carbocycles. The van der Waals surface area contributed by atoms with Gasteiger partial charge >= 0.3 is 11.9 Å². The molecule has 1 saturated heterocycles. The van der Waals surface area contributed by atoms with Gasteiger partial charge in [-0.25, -0.2) is 9.78 Å². The lowest BCUT2D eigenvalue weighted by Gasteiger charge is -2.33. The molecule has 0 spiro atoms. The molecule has 1 aromatic rings. The summed E-state index contributed by atoms with van der Waals surface area (Å²) in [7, 11) is 0. The van der Waals surface area contributed by atoms with Crippen molar-refractivity contribution in [2.45, 2.75) is 70.9 Å². The van der Waals surface area contributed by atoms with Crippen molar-refractivity contribution in [1.82, 2.24) is 4.98 Å². The number of hydrogen-bond donors (Lipinski definition) is 1. The Morgan fingerprint density at radius 3 is 2.85 bits per heavy atom. The molecule has 0 unspecified atom stereocenters. The first-order valence-electron chi connectivity index (χ1n) is 9.49. The molecule has 1 N–H and O–H groups in total. The van der Waals surface area contributed by atoms with Gasteiger partial charge in [-0.05, 0) is 39.0 Å². The van der Waals surface area contributed by atoms with Gasteiger partial charge in [0.25, 0.3) is 0 Å². The van der Waals surface area contributed by atoms with Crippen molar-refractivity contribution < 1.29 is 28.9 Å². The zero-order valence-corrected chi connectivity index (χ0v) is 16.7. The minimum absolute atomic E-state index is 0.0281. The number of ether oxygens (including phenoxy) is 3. The summed E-state index contributed by atoms with van der Waals surface area (Å²) in [5, 5.41) is 11.9. The van der Waals surface area contributed by atoms with Gasteiger partial charge in [0.15, 0.2) is 5.69 Å². The average Bonchev–Trinajstić information content (AvgIpc) is 3.19. The molecule has 1 aliphatic heterocycles. The lowest BCUT2D eigenvalue weighted by molar-refractivity contribution is -0.148. The molecule has 1 aromatic heterocycles. The van der Waals surface area contributed by atoms with Crippen LogP contribution in [0, 0.1) is 11.8 Å². The average molecular weight is 397 g/mol. The Hall–Kier alpha value is -1.51. The fourth-order valence-electron chi connectivity index (χ4n) is 4.19. The van der Waals surface area contributed by atoms with Crippen LogP contribution in [0.25, 0.3) is 0 Å². The highest BCUT2D eigenvalue weighted by molar-refractivity contribution is 7.09. The predicted octanol–water partition coefficient (Wildman–Crippen LogP) is 2.88. The van der Waals surface area contributed by atoms with Crippen LogP contribution in [-0.2, 0) is 19.0 Å². The molecule has 5 atom stereocenters. The lowest BCUT2D eigenvalue weighted by atomic mass is 9.85. The highest BCUT2D eigenvalue weighted by Crippen LogP contribution is 2.48. The summed E-state index contributed by atoms with van der Waals surface area (Å²) in [6.07, 6.45) is 2.37. The van der Waals surface area contributed by atoms with E-state index in [1.807, 2.05) is 0 Å². The van der Waals surface area contributed by atoms with Crippen molar-refractivity contribution in [3.63, 3.8) is 0 Å². The minimum atomic E-state index is -0.417. The number of aromatic nitrogens is 1. The Labute approximate surface area is 163 Å². The number of aliphatic hydroxyl groups is 1. The lowest BCUT2D eigenvalue weighted by Crippen LogP contribution is -2.31. The molecule has 2 aliphatic rings. The van der Waals surface area contributed by atoms with Gasteiger partial charge in [0.1, 0.15) is 17.2 Å². The van der Waals surface area contributed by atoms with Gasteiger partial charge in [-0.2, -0.15) is 0 Å². The first kappa shape index (κ1) is 20.2. The standard InChI is InChI=1S/C19H27NO6S/c1-10(2)24-19(23)14-9-27-18(20-14)15-5-4-12-13(6-7-21)16(25-11(3)22)8-17(12)26-15/h9-10,12-13,15-17,21H,4-8H2,1-3H3/t12-,13-,15-,16-,17+/m1/s1. The highest BCUT2D eigenvalue weighted by atomic mass is 32.1. The number of aliphatic hydroxyl groups excluding tert-OH is 1. The maximum atomic E-state index is 12.0. The van der Waals surface area contributed by atoms with Crippen molar-refractivity contribution >= 4 is 23.3 Å². The summed E-state index contributed by atoms with van der Waals surface area (Å²) < 4.78 is 16.9. The van der Waals surface area contributed by atoms with E-state index in [-0.39, 0.29) is 48.8 Å². The molecule has 150 valence electrons. The van der Waals surface area contributed by atoms with Crippen LogP contribution in [-0.4, -0.2) is 46.9 Å². The third-order valence-electron chi connectivity index (χ3n) is 5.20. The molecule has 8 heteroatoms. The molecular weight excluding hydrogens is 370 g/mol. The number of esters is 2. The molecule has 7 nitrogen and oxygen atoms in total. The molecule has 0 bridgehead atoms. The normalized spacial score (nSPS) is 30.2. The largest absolute Gasteiger partial charge is 0.462 e. The van der Waals surface area contributed by atoms with E-state index in [2.05, 4.69) is 4.98 Å².